The fraction of sp³-hybridized carbons (Fsp3) is 0.529. The van der Waals surface area contributed by atoms with E-state index in [-0.39, 0.29) is 11.6 Å². The Morgan fingerprint density at radius 3 is 2.36 bits per heavy atom. The maximum Gasteiger partial charge on any atom is 0.433 e. The number of nitrogens with zero attached hydrogens (tertiary/aromatic N) is 3. The quantitative estimate of drug-likeness (QED) is 0.775. The summed E-state index contributed by atoms with van der Waals surface area (Å²) in [6.07, 6.45) is 1.03. The Kier molecular flexibility index (Phi) is 5.17. The number of aromatic nitrogens is 2. The number of hydrogen-bond acceptors (Lipinski definition) is 3. The van der Waals surface area contributed by atoms with Crippen molar-refractivity contribution >= 4 is 17.2 Å². The third-order valence-corrected chi connectivity index (χ3v) is 5.48. The van der Waals surface area contributed by atoms with Crippen molar-refractivity contribution in [1.29, 1.82) is 0 Å². The first-order chi connectivity index (χ1) is 11.9. The van der Waals surface area contributed by atoms with Crippen molar-refractivity contribution < 1.29 is 18.0 Å². The Morgan fingerprint density at radius 2 is 1.76 bits per heavy atom. The lowest BCUT2D eigenvalue weighted by Gasteiger charge is -2.24. The first-order valence-corrected chi connectivity index (χ1v) is 9.18. The fourth-order valence-corrected chi connectivity index (χ4v) is 3.98. The third-order valence-electron chi connectivity index (χ3n) is 4.38. The second-order valence-electron chi connectivity index (χ2n) is 6.26. The van der Waals surface area contributed by atoms with E-state index in [0.29, 0.717) is 9.75 Å². The van der Waals surface area contributed by atoms with Gasteiger partial charge in [-0.2, -0.15) is 18.3 Å². The minimum absolute atomic E-state index is 0.0369. The maximum absolute atomic E-state index is 12.9. The Labute approximate surface area is 148 Å². The number of aryl methyl sites for hydroxylation is 1. The molecule has 0 bridgehead atoms. The van der Waals surface area contributed by atoms with Crippen molar-refractivity contribution in [2.45, 2.75) is 38.3 Å². The second kappa shape index (κ2) is 7.19. The van der Waals surface area contributed by atoms with Crippen LogP contribution in [0.5, 0.6) is 0 Å². The minimum atomic E-state index is -4.44. The molecule has 8 heteroatoms. The molecule has 25 heavy (non-hydrogen) atoms. The molecule has 0 N–H and O–H groups in total. The van der Waals surface area contributed by atoms with Crippen LogP contribution in [0.3, 0.4) is 0 Å². The molecule has 0 aromatic carbocycles. The molecule has 0 aliphatic carbocycles. The molecule has 1 aliphatic rings. The van der Waals surface area contributed by atoms with E-state index in [1.54, 1.807) is 12.1 Å². The highest BCUT2D eigenvalue weighted by Gasteiger charge is 2.35. The Bertz CT molecular complexity index is 743. The van der Waals surface area contributed by atoms with E-state index in [0.717, 1.165) is 49.5 Å². The van der Waals surface area contributed by atoms with Crippen LogP contribution in [-0.2, 0) is 13.2 Å². The zero-order valence-corrected chi connectivity index (χ0v) is 14.8. The van der Waals surface area contributed by atoms with Gasteiger partial charge in [0.15, 0.2) is 0 Å². The van der Waals surface area contributed by atoms with Crippen LogP contribution in [0, 0.1) is 0 Å². The van der Waals surface area contributed by atoms with Gasteiger partial charge in [0.05, 0.1) is 9.75 Å². The summed E-state index contributed by atoms with van der Waals surface area (Å²) in [6, 6.07) is 4.38. The van der Waals surface area contributed by atoms with Gasteiger partial charge in [-0.15, -0.1) is 11.3 Å². The number of carbonyl (C=O) groups excluding carboxylic acids is 1. The monoisotopic (exact) mass is 371 g/mol. The van der Waals surface area contributed by atoms with Crippen molar-refractivity contribution in [2.75, 3.05) is 13.1 Å². The SMILES string of the molecule is Cn1nc(-c2ccc(C(=O)N3CCCCCCC3)s2)cc1C(F)(F)F. The fourth-order valence-electron chi connectivity index (χ4n) is 3.05. The molecule has 0 spiro atoms. The van der Waals surface area contributed by atoms with Gasteiger partial charge >= 0.3 is 6.18 Å². The summed E-state index contributed by atoms with van der Waals surface area (Å²) in [6.45, 7) is 1.49. The summed E-state index contributed by atoms with van der Waals surface area (Å²) in [4.78, 5) is 15.6. The van der Waals surface area contributed by atoms with Crippen molar-refractivity contribution in [3.05, 3.63) is 28.8 Å². The second-order valence-corrected chi connectivity index (χ2v) is 7.34. The maximum atomic E-state index is 12.9. The molecule has 0 unspecified atom stereocenters. The van der Waals surface area contributed by atoms with Crippen LogP contribution in [-0.4, -0.2) is 33.7 Å². The molecular formula is C17H20F3N3OS. The molecule has 0 radical (unpaired) electrons. The van der Waals surface area contributed by atoms with E-state index in [2.05, 4.69) is 5.10 Å². The molecule has 1 amide bonds. The number of halogens is 3. The van der Waals surface area contributed by atoms with E-state index >= 15 is 0 Å². The number of carbonyl (C=O) groups is 1. The summed E-state index contributed by atoms with van der Waals surface area (Å²) in [5.41, 5.74) is -0.556. The van der Waals surface area contributed by atoms with Crippen LogP contribution in [0.2, 0.25) is 0 Å². The first kappa shape index (κ1) is 18.0. The van der Waals surface area contributed by atoms with Gasteiger partial charge < -0.3 is 4.90 Å². The molecule has 0 atom stereocenters. The number of hydrogen-bond donors (Lipinski definition) is 0. The number of alkyl halides is 3. The standard InChI is InChI=1S/C17H20F3N3OS/c1-22-15(17(18,19)20)11-12(21-22)13-7-8-14(25-13)16(24)23-9-5-3-2-4-6-10-23/h7-8,11H,2-6,9-10H2,1H3. The van der Waals surface area contributed by atoms with Gasteiger partial charge in [0.2, 0.25) is 0 Å². The molecule has 136 valence electrons. The lowest BCUT2D eigenvalue weighted by atomic mass is 10.1. The van der Waals surface area contributed by atoms with Crippen LogP contribution >= 0.6 is 11.3 Å². The summed E-state index contributed by atoms with van der Waals surface area (Å²) in [5.74, 6) is -0.0369. The van der Waals surface area contributed by atoms with Gasteiger partial charge in [-0.05, 0) is 31.0 Å². The molecule has 1 saturated heterocycles. The highest BCUT2D eigenvalue weighted by molar-refractivity contribution is 7.17. The molecule has 2 aromatic rings. The average molecular weight is 371 g/mol. The predicted molar refractivity (Wildman–Crippen MR) is 90.5 cm³/mol. The molecule has 1 fully saturated rings. The van der Waals surface area contributed by atoms with Gasteiger partial charge in [0, 0.05) is 20.1 Å². The van der Waals surface area contributed by atoms with Crippen LogP contribution in [0.15, 0.2) is 18.2 Å². The number of likely N-dealkylation sites (tertiary alicyclic amines) is 1. The van der Waals surface area contributed by atoms with E-state index < -0.39 is 11.9 Å². The van der Waals surface area contributed by atoms with Crippen LogP contribution in [0.4, 0.5) is 13.2 Å². The van der Waals surface area contributed by atoms with Gasteiger partial charge in [0.1, 0.15) is 11.4 Å². The molecule has 3 rings (SSSR count). The van der Waals surface area contributed by atoms with Gasteiger partial charge in [0.25, 0.3) is 5.91 Å². The first-order valence-electron chi connectivity index (χ1n) is 8.37. The predicted octanol–water partition coefficient (Wildman–Crippen LogP) is 4.57. The summed E-state index contributed by atoms with van der Waals surface area (Å²) in [7, 11) is 1.27. The Balaban J connectivity index is 1.79. The highest BCUT2D eigenvalue weighted by Crippen LogP contribution is 2.34. The largest absolute Gasteiger partial charge is 0.433 e. The van der Waals surface area contributed by atoms with Gasteiger partial charge in [-0.3, -0.25) is 9.48 Å². The third kappa shape index (κ3) is 4.05. The molecular weight excluding hydrogens is 351 g/mol. The van der Waals surface area contributed by atoms with E-state index in [1.165, 1.54) is 24.8 Å². The minimum Gasteiger partial charge on any atom is -0.338 e. The molecule has 2 aromatic heterocycles. The van der Waals surface area contributed by atoms with Gasteiger partial charge in [-0.25, -0.2) is 0 Å². The number of amides is 1. The Morgan fingerprint density at radius 1 is 1.12 bits per heavy atom. The summed E-state index contributed by atoms with van der Waals surface area (Å²) in [5, 5.41) is 3.94. The van der Waals surface area contributed by atoms with Crippen molar-refractivity contribution in [1.82, 2.24) is 14.7 Å². The van der Waals surface area contributed by atoms with Crippen molar-refractivity contribution in [2.24, 2.45) is 7.05 Å². The van der Waals surface area contributed by atoms with E-state index in [9.17, 15) is 18.0 Å². The highest BCUT2D eigenvalue weighted by atomic mass is 32.1. The Hall–Kier alpha value is -1.83. The van der Waals surface area contributed by atoms with E-state index in [4.69, 9.17) is 0 Å². The topological polar surface area (TPSA) is 38.1 Å². The lowest BCUT2D eigenvalue weighted by Crippen LogP contribution is -2.33. The van der Waals surface area contributed by atoms with Crippen LogP contribution < -0.4 is 0 Å². The van der Waals surface area contributed by atoms with Crippen LogP contribution in [0.1, 0.15) is 47.5 Å². The van der Waals surface area contributed by atoms with Crippen molar-refractivity contribution in [3.8, 4) is 10.6 Å². The number of thiophene rings is 1. The van der Waals surface area contributed by atoms with Crippen LogP contribution in [0.25, 0.3) is 10.6 Å². The molecule has 4 nitrogen and oxygen atoms in total. The lowest BCUT2D eigenvalue weighted by molar-refractivity contribution is -0.143. The summed E-state index contributed by atoms with van der Waals surface area (Å²) < 4.78 is 39.6. The zero-order valence-electron chi connectivity index (χ0n) is 14.0. The van der Waals surface area contributed by atoms with E-state index in [1.807, 2.05) is 4.90 Å². The molecule has 3 heterocycles. The molecule has 1 aliphatic heterocycles. The average Bonchev–Trinajstić information content (AvgIpc) is 3.12. The number of rotatable bonds is 2. The van der Waals surface area contributed by atoms with Gasteiger partial charge in [-0.1, -0.05) is 19.3 Å². The summed E-state index contributed by atoms with van der Waals surface area (Å²) >= 11 is 1.20. The van der Waals surface area contributed by atoms with Crippen molar-refractivity contribution in [3.63, 3.8) is 0 Å². The smallest absolute Gasteiger partial charge is 0.338 e. The molecule has 0 saturated carbocycles. The zero-order chi connectivity index (χ0) is 18.0. The normalized spacial score (nSPS) is 16.6.